The van der Waals surface area contributed by atoms with Crippen LogP contribution in [0.5, 0.6) is 0 Å². The molecule has 0 nitrogen and oxygen atoms in total. The molecule has 12 heavy (non-hydrogen) atoms. The average Bonchev–Trinajstić information content (AvgIpc) is 2.07. The molecule has 2 heteroatoms. The van der Waals surface area contributed by atoms with Crippen LogP contribution in [0.3, 0.4) is 0 Å². The lowest BCUT2D eigenvalue weighted by Gasteiger charge is -2.22. The molecular weight excluding hydrogens is 232 g/mol. The van der Waals surface area contributed by atoms with E-state index in [0.717, 1.165) is 0 Å². The van der Waals surface area contributed by atoms with E-state index in [2.05, 4.69) is 41.1 Å². The summed E-state index contributed by atoms with van der Waals surface area (Å²) in [6, 6.07) is 6.52. The molecule has 1 aliphatic rings. The van der Waals surface area contributed by atoms with Gasteiger partial charge in [-0.05, 0) is 36.3 Å². The quantitative estimate of drug-likeness (QED) is 0.667. The van der Waals surface area contributed by atoms with Gasteiger partial charge in [0.15, 0.2) is 0 Å². The molecule has 0 amide bonds. The van der Waals surface area contributed by atoms with Gasteiger partial charge in [0.05, 0.1) is 0 Å². The Morgan fingerprint density at radius 1 is 1.50 bits per heavy atom. The monoisotopic (exact) mass is 242 g/mol. The van der Waals surface area contributed by atoms with E-state index >= 15 is 0 Å². The molecule has 0 bridgehead atoms. The van der Waals surface area contributed by atoms with Crippen LogP contribution in [0.25, 0.3) is 0 Å². The van der Waals surface area contributed by atoms with Crippen LogP contribution in [-0.4, -0.2) is 5.75 Å². The van der Waals surface area contributed by atoms with Crippen LogP contribution in [0.1, 0.15) is 23.3 Å². The lowest BCUT2D eigenvalue weighted by atomic mass is 10.0. The van der Waals surface area contributed by atoms with Crippen molar-refractivity contribution >= 4 is 27.7 Å². The van der Waals surface area contributed by atoms with Crippen molar-refractivity contribution in [3.63, 3.8) is 0 Å². The van der Waals surface area contributed by atoms with Gasteiger partial charge in [-0.15, -0.1) is 0 Å². The second-order valence-electron chi connectivity index (χ2n) is 3.07. The first kappa shape index (κ1) is 8.64. The van der Waals surface area contributed by atoms with Crippen molar-refractivity contribution in [3.8, 4) is 0 Å². The van der Waals surface area contributed by atoms with Crippen molar-refractivity contribution in [3.05, 3.63) is 33.8 Å². The molecule has 0 aliphatic carbocycles. The maximum atomic E-state index is 3.60. The zero-order chi connectivity index (χ0) is 8.55. The van der Waals surface area contributed by atoms with Crippen molar-refractivity contribution in [1.82, 2.24) is 0 Å². The SMILES string of the molecule is CC1SCCc2c(Br)cccc21. The van der Waals surface area contributed by atoms with E-state index in [1.165, 1.54) is 27.8 Å². The molecule has 2 rings (SSSR count). The predicted octanol–water partition coefficient (Wildman–Crippen LogP) is 3.80. The van der Waals surface area contributed by atoms with Gasteiger partial charge in [-0.3, -0.25) is 0 Å². The smallest absolute Gasteiger partial charge is 0.0272 e. The fraction of sp³-hybridized carbons (Fsp3) is 0.400. The molecule has 1 aromatic carbocycles. The molecule has 64 valence electrons. The number of rotatable bonds is 0. The summed E-state index contributed by atoms with van der Waals surface area (Å²) in [6.07, 6.45) is 1.21. The third-order valence-corrected chi connectivity index (χ3v) is 4.25. The summed E-state index contributed by atoms with van der Waals surface area (Å²) in [5.41, 5.74) is 3.03. The van der Waals surface area contributed by atoms with Gasteiger partial charge in [-0.1, -0.05) is 28.1 Å². The van der Waals surface area contributed by atoms with Crippen molar-refractivity contribution in [1.29, 1.82) is 0 Å². The molecule has 0 fully saturated rings. The van der Waals surface area contributed by atoms with Crippen LogP contribution < -0.4 is 0 Å². The van der Waals surface area contributed by atoms with Gasteiger partial charge in [0.1, 0.15) is 0 Å². The van der Waals surface area contributed by atoms with Gasteiger partial charge < -0.3 is 0 Å². The first-order chi connectivity index (χ1) is 5.79. The molecule has 1 aliphatic heterocycles. The number of fused-ring (bicyclic) bond motifs is 1. The highest BCUT2D eigenvalue weighted by Gasteiger charge is 2.17. The van der Waals surface area contributed by atoms with Crippen molar-refractivity contribution in [2.24, 2.45) is 0 Å². The third kappa shape index (κ3) is 1.42. The topological polar surface area (TPSA) is 0 Å². The van der Waals surface area contributed by atoms with E-state index in [9.17, 15) is 0 Å². The van der Waals surface area contributed by atoms with Gasteiger partial charge in [0.2, 0.25) is 0 Å². The summed E-state index contributed by atoms with van der Waals surface area (Å²) in [7, 11) is 0. The number of hydrogen-bond donors (Lipinski definition) is 0. The van der Waals surface area contributed by atoms with Crippen molar-refractivity contribution in [2.75, 3.05) is 5.75 Å². The largest absolute Gasteiger partial charge is 0.154 e. The molecule has 0 saturated carbocycles. The van der Waals surface area contributed by atoms with Crippen LogP contribution in [-0.2, 0) is 6.42 Å². The van der Waals surface area contributed by atoms with E-state index in [4.69, 9.17) is 0 Å². The first-order valence-corrected chi connectivity index (χ1v) is 6.02. The molecule has 0 spiro atoms. The Hall–Kier alpha value is 0.0500. The number of benzene rings is 1. The van der Waals surface area contributed by atoms with Gasteiger partial charge in [0, 0.05) is 9.72 Å². The Morgan fingerprint density at radius 2 is 2.33 bits per heavy atom. The van der Waals surface area contributed by atoms with Crippen LogP contribution in [0.4, 0.5) is 0 Å². The maximum Gasteiger partial charge on any atom is 0.0272 e. The Morgan fingerprint density at radius 3 is 3.08 bits per heavy atom. The Kier molecular flexibility index (Phi) is 2.47. The average molecular weight is 243 g/mol. The molecule has 1 unspecified atom stereocenters. The summed E-state index contributed by atoms with van der Waals surface area (Å²) in [5.74, 6) is 1.26. The molecule has 1 aromatic rings. The minimum atomic E-state index is 0.672. The number of halogens is 1. The molecule has 1 heterocycles. The predicted molar refractivity (Wildman–Crippen MR) is 58.7 cm³/mol. The lowest BCUT2D eigenvalue weighted by molar-refractivity contribution is 0.977. The van der Waals surface area contributed by atoms with Crippen LogP contribution in [0.15, 0.2) is 22.7 Å². The zero-order valence-corrected chi connectivity index (χ0v) is 9.41. The normalized spacial score (nSPS) is 22.0. The minimum Gasteiger partial charge on any atom is -0.154 e. The van der Waals surface area contributed by atoms with Crippen molar-refractivity contribution < 1.29 is 0 Å². The van der Waals surface area contributed by atoms with Crippen molar-refractivity contribution in [2.45, 2.75) is 18.6 Å². The van der Waals surface area contributed by atoms with E-state index in [0.29, 0.717) is 5.25 Å². The lowest BCUT2D eigenvalue weighted by Crippen LogP contribution is -2.06. The highest BCUT2D eigenvalue weighted by Crippen LogP contribution is 2.38. The summed E-state index contributed by atoms with van der Waals surface area (Å²) in [4.78, 5) is 0. The summed E-state index contributed by atoms with van der Waals surface area (Å²) in [5, 5.41) is 0.672. The fourth-order valence-electron chi connectivity index (χ4n) is 1.65. The number of thioether (sulfide) groups is 1. The molecule has 1 atom stereocenters. The van der Waals surface area contributed by atoms with Crippen LogP contribution >= 0.6 is 27.7 Å². The highest BCUT2D eigenvalue weighted by atomic mass is 79.9. The van der Waals surface area contributed by atoms with Crippen LogP contribution in [0, 0.1) is 0 Å². The Balaban J connectivity index is 2.52. The van der Waals surface area contributed by atoms with Gasteiger partial charge in [-0.25, -0.2) is 0 Å². The van der Waals surface area contributed by atoms with E-state index in [-0.39, 0.29) is 0 Å². The fourth-order valence-corrected chi connectivity index (χ4v) is 3.30. The molecule has 0 N–H and O–H groups in total. The summed E-state index contributed by atoms with van der Waals surface area (Å²) < 4.78 is 1.28. The molecule has 0 aromatic heterocycles. The Bertz CT molecular complexity index is 296. The molecule has 0 saturated heterocycles. The molecular formula is C10H11BrS. The third-order valence-electron chi connectivity index (χ3n) is 2.31. The van der Waals surface area contributed by atoms with E-state index in [1.54, 1.807) is 0 Å². The highest BCUT2D eigenvalue weighted by molar-refractivity contribution is 9.10. The van der Waals surface area contributed by atoms with Gasteiger partial charge in [0.25, 0.3) is 0 Å². The maximum absolute atomic E-state index is 3.60. The van der Waals surface area contributed by atoms with Crippen LogP contribution in [0.2, 0.25) is 0 Å². The summed E-state index contributed by atoms with van der Waals surface area (Å²) >= 11 is 5.65. The standard InChI is InChI=1S/C10H11BrS/c1-7-8-3-2-4-10(11)9(8)5-6-12-7/h2-4,7H,5-6H2,1H3. The van der Waals surface area contributed by atoms with Gasteiger partial charge in [-0.2, -0.15) is 11.8 Å². The minimum absolute atomic E-state index is 0.672. The van der Waals surface area contributed by atoms with E-state index < -0.39 is 0 Å². The summed E-state index contributed by atoms with van der Waals surface area (Å²) in [6.45, 7) is 2.29. The van der Waals surface area contributed by atoms with Gasteiger partial charge >= 0.3 is 0 Å². The Labute approximate surface area is 85.9 Å². The first-order valence-electron chi connectivity index (χ1n) is 4.18. The zero-order valence-electron chi connectivity index (χ0n) is 7.01. The molecule has 0 radical (unpaired) electrons. The second-order valence-corrected chi connectivity index (χ2v) is 5.37. The second kappa shape index (κ2) is 3.43. The van der Waals surface area contributed by atoms with E-state index in [1.807, 2.05) is 11.8 Å². The number of hydrogen-bond acceptors (Lipinski definition) is 1.